The molecule has 6 nitrogen and oxygen atoms in total. The average Bonchev–Trinajstić information content (AvgIpc) is 2.65. The molecule has 0 aliphatic rings. The summed E-state index contributed by atoms with van der Waals surface area (Å²) in [4.78, 5) is 17.0. The number of ether oxygens (including phenoxy) is 1. The number of nitrogens with zero attached hydrogens (tertiary/aromatic N) is 2. The fraction of sp³-hybridized carbons (Fsp3) is 0.125. The number of aromatic nitrogens is 3. The number of hydrogen-bond donors (Lipinski definition) is 1. The summed E-state index contributed by atoms with van der Waals surface area (Å²) >= 11 is 0. The second-order valence-electron chi connectivity index (χ2n) is 2.53. The van der Waals surface area contributed by atoms with Crippen molar-refractivity contribution in [2.75, 3.05) is 7.11 Å². The Morgan fingerprint density at radius 2 is 2.43 bits per heavy atom. The van der Waals surface area contributed by atoms with Crippen LogP contribution in [0.25, 0.3) is 11.4 Å². The van der Waals surface area contributed by atoms with Crippen molar-refractivity contribution >= 4 is 0 Å². The lowest BCUT2D eigenvalue weighted by atomic mass is 10.2. The van der Waals surface area contributed by atoms with E-state index >= 15 is 0 Å². The molecule has 0 bridgehead atoms. The number of pyridine rings is 1. The van der Waals surface area contributed by atoms with E-state index in [0.29, 0.717) is 17.3 Å². The maximum atomic E-state index is 10.7. The summed E-state index contributed by atoms with van der Waals surface area (Å²) in [5.74, 6) is 0.220. The van der Waals surface area contributed by atoms with E-state index in [4.69, 9.17) is 4.74 Å². The van der Waals surface area contributed by atoms with Crippen LogP contribution in [-0.4, -0.2) is 22.2 Å². The molecule has 0 saturated carbocycles. The van der Waals surface area contributed by atoms with Gasteiger partial charge in [0.15, 0.2) is 5.82 Å². The van der Waals surface area contributed by atoms with E-state index in [-0.39, 0.29) is 0 Å². The molecule has 1 N–H and O–H groups in total. The first-order chi connectivity index (χ1) is 6.79. The predicted octanol–water partition coefficient (Wildman–Crippen LogP) is 0.433. The summed E-state index contributed by atoms with van der Waals surface area (Å²) in [6.07, 6.45) is 1.56. The number of methoxy groups -OCH3 is 1. The van der Waals surface area contributed by atoms with E-state index in [1.807, 2.05) is 0 Å². The van der Waals surface area contributed by atoms with Crippen molar-refractivity contribution < 1.29 is 9.26 Å². The molecule has 0 unspecified atom stereocenters. The highest BCUT2D eigenvalue weighted by atomic mass is 16.5. The number of H-pyrrole nitrogens is 1. The van der Waals surface area contributed by atoms with Crippen molar-refractivity contribution in [1.82, 2.24) is 15.1 Å². The highest BCUT2D eigenvalue weighted by Crippen LogP contribution is 2.16. The predicted molar refractivity (Wildman–Crippen MR) is 46.9 cm³/mol. The molecule has 0 fully saturated rings. The fourth-order valence-corrected chi connectivity index (χ4v) is 1.02. The standard InChI is InChI=1S/C8H7N3O3/c1-13-6-4-5(2-3-9-6)7-10-8(12)14-11-7/h2-4H,1H3,(H,10,11,12). The quantitative estimate of drug-likeness (QED) is 0.748. The lowest BCUT2D eigenvalue weighted by Crippen LogP contribution is -1.95. The topological polar surface area (TPSA) is 81.0 Å². The third-order valence-electron chi connectivity index (χ3n) is 1.66. The summed E-state index contributed by atoms with van der Waals surface area (Å²) in [6, 6.07) is 3.34. The van der Waals surface area contributed by atoms with Crippen molar-refractivity contribution in [2.45, 2.75) is 0 Å². The van der Waals surface area contributed by atoms with E-state index in [1.54, 1.807) is 18.3 Å². The summed E-state index contributed by atoms with van der Waals surface area (Å²) in [6.45, 7) is 0. The molecule has 14 heavy (non-hydrogen) atoms. The zero-order valence-corrected chi connectivity index (χ0v) is 7.35. The van der Waals surface area contributed by atoms with E-state index in [2.05, 4.69) is 19.6 Å². The normalized spacial score (nSPS) is 10.1. The maximum absolute atomic E-state index is 10.7. The lowest BCUT2D eigenvalue weighted by Gasteiger charge is -1.98. The third-order valence-corrected chi connectivity index (χ3v) is 1.66. The first-order valence-corrected chi connectivity index (χ1v) is 3.86. The first-order valence-electron chi connectivity index (χ1n) is 3.86. The van der Waals surface area contributed by atoms with Gasteiger partial charge in [0.05, 0.1) is 7.11 Å². The Balaban J connectivity index is 2.46. The van der Waals surface area contributed by atoms with Crippen LogP contribution in [0.15, 0.2) is 27.6 Å². The largest absolute Gasteiger partial charge is 0.481 e. The van der Waals surface area contributed by atoms with E-state index in [0.717, 1.165) is 0 Å². The van der Waals surface area contributed by atoms with Gasteiger partial charge >= 0.3 is 5.76 Å². The van der Waals surface area contributed by atoms with Crippen molar-refractivity contribution in [3.63, 3.8) is 0 Å². The molecular formula is C8H7N3O3. The van der Waals surface area contributed by atoms with Gasteiger partial charge in [-0.2, -0.15) is 0 Å². The van der Waals surface area contributed by atoms with Gasteiger partial charge in [-0.25, -0.2) is 9.78 Å². The van der Waals surface area contributed by atoms with Crippen LogP contribution in [0.3, 0.4) is 0 Å². The molecule has 6 heteroatoms. The molecule has 2 aromatic heterocycles. The number of hydrogen-bond acceptors (Lipinski definition) is 5. The van der Waals surface area contributed by atoms with Crippen molar-refractivity contribution in [3.05, 3.63) is 28.9 Å². The van der Waals surface area contributed by atoms with Crippen LogP contribution >= 0.6 is 0 Å². The van der Waals surface area contributed by atoms with Crippen LogP contribution in [0, 0.1) is 0 Å². The fourth-order valence-electron chi connectivity index (χ4n) is 1.02. The Bertz CT molecular complexity index is 488. The monoisotopic (exact) mass is 193 g/mol. The van der Waals surface area contributed by atoms with Gasteiger partial charge in [-0.1, -0.05) is 5.16 Å². The molecule has 2 aromatic rings. The van der Waals surface area contributed by atoms with Gasteiger partial charge in [0.1, 0.15) is 0 Å². The summed E-state index contributed by atoms with van der Waals surface area (Å²) < 4.78 is 9.29. The minimum absolute atomic E-state index is 0.357. The Kier molecular flexibility index (Phi) is 2.02. The SMILES string of the molecule is COc1cc(-c2noc(=O)[nH]2)ccn1. The van der Waals surface area contributed by atoms with Gasteiger partial charge < -0.3 is 4.74 Å². The van der Waals surface area contributed by atoms with E-state index in [1.165, 1.54) is 7.11 Å². The van der Waals surface area contributed by atoms with Gasteiger partial charge in [0.25, 0.3) is 0 Å². The van der Waals surface area contributed by atoms with Crippen molar-refractivity contribution in [3.8, 4) is 17.3 Å². The molecule has 0 saturated heterocycles. The van der Waals surface area contributed by atoms with Crippen LogP contribution in [-0.2, 0) is 0 Å². The highest BCUT2D eigenvalue weighted by Gasteiger charge is 2.05. The second-order valence-corrected chi connectivity index (χ2v) is 2.53. The van der Waals surface area contributed by atoms with E-state index < -0.39 is 5.76 Å². The highest BCUT2D eigenvalue weighted by molar-refractivity contribution is 5.54. The van der Waals surface area contributed by atoms with Gasteiger partial charge in [-0.3, -0.25) is 9.51 Å². The van der Waals surface area contributed by atoms with Crippen molar-refractivity contribution in [1.29, 1.82) is 0 Å². The molecule has 2 rings (SSSR count). The molecule has 2 heterocycles. The second kappa shape index (κ2) is 3.33. The maximum Gasteiger partial charge on any atom is 0.439 e. The summed E-state index contributed by atoms with van der Waals surface area (Å²) in [5.41, 5.74) is 0.683. The molecule has 0 aliphatic carbocycles. The van der Waals surface area contributed by atoms with Crippen LogP contribution in [0.4, 0.5) is 0 Å². The lowest BCUT2D eigenvalue weighted by molar-refractivity contribution is 0.387. The molecular weight excluding hydrogens is 186 g/mol. The van der Waals surface area contributed by atoms with Gasteiger partial charge in [-0.05, 0) is 6.07 Å². The van der Waals surface area contributed by atoms with Crippen molar-refractivity contribution in [2.24, 2.45) is 0 Å². The summed E-state index contributed by atoms with van der Waals surface area (Å²) in [7, 11) is 1.51. The van der Waals surface area contributed by atoms with E-state index in [9.17, 15) is 4.79 Å². The molecule has 0 aromatic carbocycles. The van der Waals surface area contributed by atoms with Gasteiger partial charge in [0, 0.05) is 17.8 Å². The number of rotatable bonds is 2. The third kappa shape index (κ3) is 1.49. The zero-order chi connectivity index (χ0) is 9.97. The zero-order valence-electron chi connectivity index (χ0n) is 7.35. The Morgan fingerprint density at radius 1 is 1.57 bits per heavy atom. The summed E-state index contributed by atoms with van der Waals surface area (Å²) in [5, 5.41) is 3.54. The van der Waals surface area contributed by atoms with Crippen LogP contribution in [0.5, 0.6) is 5.88 Å². The molecule has 0 aliphatic heterocycles. The van der Waals surface area contributed by atoms with Crippen LogP contribution in [0.1, 0.15) is 0 Å². The number of nitrogens with one attached hydrogen (secondary N) is 1. The van der Waals surface area contributed by atoms with Crippen LogP contribution in [0.2, 0.25) is 0 Å². The Hall–Kier alpha value is -2.11. The van der Waals surface area contributed by atoms with Gasteiger partial charge in [-0.15, -0.1) is 0 Å². The minimum atomic E-state index is -0.587. The molecule has 0 spiro atoms. The average molecular weight is 193 g/mol. The minimum Gasteiger partial charge on any atom is -0.481 e. The van der Waals surface area contributed by atoms with Gasteiger partial charge in [0.2, 0.25) is 5.88 Å². The smallest absolute Gasteiger partial charge is 0.439 e. The van der Waals surface area contributed by atoms with Crippen LogP contribution < -0.4 is 10.5 Å². The molecule has 0 atom stereocenters. The molecule has 0 amide bonds. The first kappa shape index (κ1) is 8.49. The Morgan fingerprint density at radius 3 is 3.07 bits per heavy atom. The molecule has 72 valence electrons. The molecule has 0 radical (unpaired) electrons. The number of aromatic amines is 1. The Labute approximate surface area is 78.5 Å².